The van der Waals surface area contributed by atoms with Crippen molar-refractivity contribution in [2.75, 3.05) is 0 Å². The van der Waals surface area contributed by atoms with Crippen LogP contribution in [0.4, 0.5) is 8.78 Å². The molecule has 0 aromatic rings. The molecule has 0 radical (unpaired) electrons. The standard InChI is InChI=1S/C23H40F2/c1-3-5-7-9-19-12-16-21(17-13-19)23(25)22(24)20-14-10-18(11-15-20)8-6-4-2/h18-21H,3-17H2,1-2H3/b23-22+/t18-,19-,20-,21-. The molecule has 0 saturated heterocycles. The summed E-state index contributed by atoms with van der Waals surface area (Å²) in [6.07, 6.45) is 16.8. The van der Waals surface area contributed by atoms with Gasteiger partial charge in [0.2, 0.25) is 0 Å². The second kappa shape index (κ2) is 11.3. The van der Waals surface area contributed by atoms with Crippen molar-refractivity contribution in [2.45, 2.75) is 110 Å². The van der Waals surface area contributed by atoms with Crippen molar-refractivity contribution in [1.29, 1.82) is 0 Å². The van der Waals surface area contributed by atoms with Crippen LogP contribution < -0.4 is 0 Å². The number of rotatable bonds is 9. The van der Waals surface area contributed by atoms with Gasteiger partial charge in [0.1, 0.15) is 11.7 Å². The Kier molecular flexibility index (Phi) is 9.48. The van der Waals surface area contributed by atoms with Gasteiger partial charge in [-0.3, -0.25) is 0 Å². The lowest BCUT2D eigenvalue weighted by Crippen LogP contribution is -2.19. The average Bonchev–Trinajstić information content (AvgIpc) is 2.66. The van der Waals surface area contributed by atoms with Crippen LogP contribution in [0.2, 0.25) is 0 Å². The molecule has 0 aliphatic heterocycles. The van der Waals surface area contributed by atoms with Gasteiger partial charge >= 0.3 is 0 Å². The van der Waals surface area contributed by atoms with Crippen molar-refractivity contribution < 1.29 is 8.78 Å². The number of halogens is 2. The van der Waals surface area contributed by atoms with Gasteiger partial charge in [0.05, 0.1) is 0 Å². The minimum Gasteiger partial charge on any atom is -0.209 e. The lowest BCUT2D eigenvalue weighted by Gasteiger charge is -2.30. The molecule has 2 aliphatic carbocycles. The minimum absolute atomic E-state index is 0.125. The number of unbranched alkanes of at least 4 members (excludes halogenated alkanes) is 3. The highest BCUT2D eigenvalue weighted by Gasteiger charge is 2.31. The molecule has 2 rings (SSSR count). The van der Waals surface area contributed by atoms with Gasteiger partial charge in [-0.05, 0) is 63.2 Å². The number of hydrogen-bond acceptors (Lipinski definition) is 0. The van der Waals surface area contributed by atoms with Gasteiger partial charge in [0.25, 0.3) is 0 Å². The van der Waals surface area contributed by atoms with Crippen LogP contribution in [0.15, 0.2) is 11.7 Å². The summed E-state index contributed by atoms with van der Waals surface area (Å²) in [6, 6.07) is 0. The Morgan fingerprint density at radius 2 is 1.00 bits per heavy atom. The Bertz CT molecular complexity index is 385. The first-order valence-electron chi connectivity index (χ1n) is 11.2. The van der Waals surface area contributed by atoms with E-state index in [1.807, 2.05) is 0 Å². The molecule has 146 valence electrons. The normalized spacial score (nSPS) is 31.7. The van der Waals surface area contributed by atoms with Crippen molar-refractivity contribution in [2.24, 2.45) is 23.7 Å². The van der Waals surface area contributed by atoms with Gasteiger partial charge in [-0.1, -0.05) is 58.8 Å². The first-order chi connectivity index (χ1) is 12.2. The fraction of sp³-hybridized carbons (Fsp3) is 0.913. The molecule has 0 amide bonds. The third kappa shape index (κ3) is 6.68. The summed E-state index contributed by atoms with van der Waals surface area (Å²) >= 11 is 0. The SMILES string of the molecule is CCCCC[C@H]1CC[C@H](/C(F)=C(\F)[C@H]2CC[C@H](CCCC)CC2)CC1. The van der Waals surface area contributed by atoms with Crippen molar-refractivity contribution in [3.8, 4) is 0 Å². The van der Waals surface area contributed by atoms with Crippen LogP contribution >= 0.6 is 0 Å². The lowest BCUT2D eigenvalue weighted by molar-refractivity contribution is 0.226. The molecule has 2 fully saturated rings. The maximum atomic E-state index is 14.7. The molecule has 0 nitrogen and oxygen atoms in total. The molecule has 0 heterocycles. The van der Waals surface area contributed by atoms with Gasteiger partial charge in [0.15, 0.2) is 0 Å². The van der Waals surface area contributed by atoms with Crippen molar-refractivity contribution in [3.05, 3.63) is 11.7 Å². The Morgan fingerprint density at radius 3 is 1.40 bits per heavy atom. The van der Waals surface area contributed by atoms with E-state index in [0.717, 1.165) is 63.2 Å². The van der Waals surface area contributed by atoms with E-state index >= 15 is 0 Å². The number of hydrogen-bond donors (Lipinski definition) is 0. The third-order valence-electron chi connectivity index (χ3n) is 6.82. The van der Waals surface area contributed by atoms with Gasteiger partial charge in [-0.15, -0.1) is 0 Å². The van der Waals surface area contributed by atoms with Crippen LogP contribution in [0, 0.1) is 23.7 Å². The second-order valence-electron chi connectivity index (χ2n) is 8.77. The highest BCUT2D eigenvalue weighted by molar-refractivity contribution is 5.09. The largest absolute Gasteiger partial charge is 0.209 e. The summed E-state index contributed by atoms with van der Waals surface area (Å²) in [5.41, 5.74) is 0. The molecular weight excluding hydrogens is 314 g/mol. The fourth-order valence-electron chi connectivity index (χ4n) is 4.97. The smallest absolute Gasteiger partial charge is 0.135 e. The van der Waals surface area contributed by atoms with E-state index in [1.54, 1.807) is 0 Å². The van der Waals surface area contributed by atoms with Crippen LogP contribution in [0.1, 0.15) is 110 Å². The highest BCUT2D eigenvalue weighted by atomic mass is 19.2. The molecule has 0 aromatic carbocycles. The molecule has 0 bridgehead atoms. The molecule has 2 heteroatoms. The van der Waals surface area contributed by atoms with Crippen LogP contribution in [0.25, 0.3) is 0 Å². The Labute approximate surface area is 154 Å². The van der Waals surface area contributed by atoms with Crippen LogP contribution in [0.5, 0.6) is 0 Å². The van der Waals surface area contributed by atoms with Gasteiger partial charge < -0.3 is 0 Å². The topological polar surface area (TPSA) is 0 Å². The maximum Gasteiger partial charge on any atom is 0.135 e. The van der Waals surface area contributed by atoms with E-state index in [1.165, 1.54) is 44.9 Å². The van der Waals surface area contributed by atoms with Crippen LogP contribution in [-0.4, -0.2) is 0 Å². The summed E-state index contributed by atoms with van der Waals surface area (Å²) in [5.74, 6) is 0.520. The van der Waals surface area contributed by atoms with Crippen molar-refractivity contribution in [1.82, 2.24) is 0 Å². The van der Waals surface area contributed by atoms with Crippen LogP contribution in [0.3, 0.4) is 0 Å². The molecule has 0 atom stereocenters. The second-order valence-corrected chi connectivity index (χ2v) is 8.77. The Morgan fingerprint density at radius 1 is 0.600 bits per heavy atom. The van der Waals surface area contributed by atoms with E-state index in [9.17, 15) is 8.78 Å². The van der Waals surface area contributed by atoms with Crippen molar-refractivity contribution >= 4 is 0 Å². The zero-order chi connectivity index (χ0) is 18.1. The monoisotopic (exact) mass is 354 g/mol. The minimum atomic E-state index is -0.372. The predicted molar refractivity (Wildman–Crippen MR) is 104 cm³/mol. The molecule has 0 unspecified atom stereocenters. The molecule has 2 aliphatic rings. The maximum absolute atomic E-state index is 14.7. The summed E-state index contributed by atoms with van der Waals surface area (Å²) in [5, 5.41) is 0. The summed E-state index contributed by atoms with van der Waals surface area (Å²) in [7, 11) is 0. The van der Waals surface area contributed by atoms with Crippen LogP contribution in [-0.2, 0) is 0 Å². The van der Waals surface area contributed by atoms with E-state index < -0.39 is 0 Å². The summed E-state index contributed by atoms with van der Waals surface area (Å²) < 4.78 is 29.4. The van der Waals surface area contributed by atoms with E-state index in [0.29, 0.717) is 0 Å². The van der Waals surface area contributed by atoms with Crippen molar-refractivity contribution in [3.63, 3.8) is 0 Å². The van der Waals surface area contributed by atoms with Gasteiger partial charge in [-0.25, -0.2) is 8.78 Å². The Hall–Kier alpha value is -0.400. The summed E-state index contributed by atoms with van der Waals surface area (Å²) in [4.78, 5) is 0. The van der Waals surface area contributed by atoms with E-state index in [2.05, 4.69) is 13.8 Å². The molecule has 2 saturated carbocycles. The molecule has 0 aromatic heterocycles. The first kappa shape index (κ1) is 20.9. The van der Waals surface area contributed by atoms with E-state index in [4.69, 9.17) is 0 Å². The zero-order valence-electron chi connectivity index (χ0n) is 16.7. The van der Waals surface area contributed by atoms with Gasteiger partial charge in [-0.2, -0.15) is 0 Å². The summed E-state index contributed by atoms with van der Waals surface area (Å²) in [6.45, 7) is 4.46. The fourth-order valence-corrected chi connectivity index (χ4v) is 4.97. The third-order valence-corrected chi connectivity index (χ3v) is 6.82. The molecule has 0 spiro atoms. The Balaban J connectivity index is 1.76. The first-order valence-corrected chi connectivity index (χ1v) is 11.2. The predicted octanol–water partition coefficient (Wildman–Crippen LogP) is 8.52. The van der Waals surface area contributed by atoms with Gasteiger partial charge in [0, 0.05) is 11.8 Å². The quantitative estimate of drug-likeness (QED) is 0.364. The average molecular weight is 355 g/mol. The molecular formula is C23H40F2. The molecule has 25 heavy (non-hydrogen) atoms. The zero-order valence-corrected chi connectivity index (χ0v) is 16.7. The lowest BCUT2D eigenvalue weighted by atomic mass is 9.76. The number of allylic oxidation sites excluding steroid dienone is 2. The van der Waals surface area contributed by atoms with E-state index in [-0.39, 0.29) is 23.5 Å². The highest BCUT2D eigenvalue weighted by Crippen LogP contribution is 2.42. The molecule has 0 N–H and O–H groups in total.